The molecule has 0 aliphatic heterocycles. The van der Waals surface area contributed by atoms with Crippen LogP contribution in [-0.2, 0) is 6.42 Å². The summed E-state index contributed by atoms with van der Waals surface area (Å²) in [5, 5.41) is 14.0. The molecule has 5 rings (SSSR count). The standard InChI is InChI=1S/C21H15N5O/c27-21(14-5-8-18(9-6-14)26-13-22-24-25-26)23-17-7-10-20-16(12-17)11-15-3-1-2-4-19(15)20/h1-10,12-13H,11H2,(H,23,27). The van der Waals surface area contributed by atoms with Gasteiger partial charge in [-0.2, -0.15) is 0 Å². The third-order valence-electron chi connectivity index (χ3n) is 4.79. The molecule has 0 saturated heterocycles. The van der Waals surface area contributed by atoms with Gasteiger partial charge in [0.15, 0.2) is 0 Å². The van der Waals surface area contributed by atoms with Gasteiger partial charge in [0.2, 0.25) is 0 Å². The van der Waals surface area contributed by atoms with E-state index in [0.29, 0.717) is 5.56 Å². The number of fused-ring (bicyclic) bond motifs is 3. The molecule has 1 aliphatic rings. The number of hydrogen-bond donors (Lipinski definition) is 1. The number of carbonyl (C=O) groups excluding carboxylic acids is 1. The van der Waals surface area contributed by atoms with E-state index in [4.69, 9.17) is 0 Å². The van der Waals surface area contributed by atoms with Gasteiger partial charge in [0, 0.05) is 11.3 Å². The van der Waals surface area contributed by atoms with E-state index < -0.39 is 0 Å². The third kappa shape index (κ3) is 2.77. The van der Waals surface area contributed by atoms with Crippen molar-refractivity contribution in [1.29, 1.82) is 0 Å². The van der Waals surface area contributed by atoms with Crippen molar-refractivity contribution in [2.45, 2.75) is 6.42 Å². The predicted octanol–water partition coefficient (Wildman–Crippen LogP) is 3.49. The monoisotopic (exact) mass is 353 g/mol. The number of hydrogen-bond acceptors (Lipinski definition) is 4. The van der Waals surface area contributed by atoms with Crippen LogP contribution in [0.1, 0.15) is 21.5 Å². The van der Waals surface area contributed by atoms with E-state index in [1.807, 2.05) is 18.2 Å². The van der Waals surface area contributed by atoms with Crippen molar-refractivity contribution >= 4 is 11.6 Å². The van der Waals surface area contributed by atoms with Crippen molar-refractivity contribution in [3.8, 4) is 16.8 Å². The van der Waals surface area contributed by atoms with E-state index in [1.54, 1.807) is 16.8 Å². The number of nitrogens with zero attached hydrogens (tertiary/aromatic N) is 4. The predicted molar refractivity (Wildman–Crippen MR) is 102 cm³/mol. The molecule has 0 saturated carbocycles. The Morgan fingerprint density at radius 2 is 1.74 bits per heavy atom. The number of nitrogens with one attached hydrogen (secondary N) is 1. The Hall–Kier alpha value is -3.80. The second kappa shape index (κ2) is 6.17. The maximum absolute atomic E-state index is 12.6. The molecule has 0 unspecified atom stereocenters. The molecule has 0 bridgehead atoms. The summed E-state index contributed by atoms with van der Waals surface area (Å²) in [5.74, 6) is -0.145. The second-order valence-corrected chi connectivity index (χ2v) is 6.46. The fraction of sp³-hybridized carbons (Fsp3) is 0.0476. The molecule has 3 aromatic carbocycles. The molecule has 130 valence electrons. The maximum Gasteiger partial charge on any atom is 0.255 e. The van der Waals surface area contributed by atoms with E-state index in [1.165, 1.54) is 28.6 Å². The van der Waals surface area contributed by atoms with E-state index in [0.717, 1.165) is 17.8 Å². The zero-order chi connectivity index (χ0) is 18.2. The fourth-order valence-corrected chi connectivity index (χ4v) is 3.47. The quantitative estimate of drug-likeness (QED) is 0.539. The van der Waals surface area contributed by atoms with Crippen molar-refractivity contribution in [2.75, 3.05) is 5.32 Å². The van der Waals surface area contributed by atoms with Crippen LogP contribution in [0.15, 0.2) is 73.1 Å². The molecule has 1 aliphatic carbocycles. The molecule has 27 heavy (non-hydrogen) atoms. The van der Waals surface area contributed by atoms with E-state index in [-0.39, 0.29) is 5.91 Å². The first kappa shape index (κ1) is 15.5. The highest BCUT2D eigenvalue weighted by molar-refractivity contribution is 6.04. The van der Waals surface area contributed by atoms with Crippen LogP contribution in [0.2, 0.25) is 0 Å². The number of aromatic nitrogens is 4. The van der Waals surface area contributed by atoms with Crippen molar-refractivity contribution in [1.82, 2.24) is 20.2 Å². The lowest BCUT2D eigenvalue weighted by Crippen LogP contribution is -2.12. The highest BCUT2D eigenvalue weighted by Gasteiger charge is 2.18. The minimum atomic E-state index is -0.145. The molecular formula is C21H15N5O. The Bertz CT molecular complexity index is 1130. The average molecular weight is 353 g/mol. The molecule has 1 aromatic heterocycles. The highest BCUT2D eigenvalue weighted by Crippen LogP contribution is 2.37. The molecule has 1 amide bonds. The molecule has 0 atom stereocenters. The lowest BCUT2D eigenvalue weighted by molar-refractivity contribution is 0.102. The van der Waals surface area contributed by atoms with Crippen LogP contribution in [0.4, 0.5) is 5.69 Å². The van der Waals surface area contributed by atoms with Crippen molar-refractivity contribution in [2.24, 2.45) is 0 Å². The summed E-state index contributed by atoms with van der Waals surface area (Å²) in [6.45, 7) is 0. The Kier molecular flexibility index (Phi) is 3.53. The van der Waals surface area contributed by atoms with Crippen molar-refractivity contribution < 1.29 is 4.79 Å². The molecule has 6 heteroatoms. The number of anilines is 1. The summed E-state index contributed by atoms with van der Waals surface area (Å²) in [7, 11) is 0. The average Bonchev–Trinajstić information content (AvgIpc) is 3.35. The van der Waals surface area contributed by atoms with Crippen LogP contribution in [0, 0.1) is 0 Å². The van der Waals surface area contributed by atoms with Gasteiger partial charge in [0.25, 0.3) is 5.91 Å². The Morgan fingerprint density at radius 3 is 2.56 bits per heavy atom. The molecular weight excluding hydrogens is 338 g/mol. The Balaban J connectivity index is 1.35. The minimum absolute atomic E-state index is 0.145. The van der Waals surface area contributed by atoms with Gasteiger partial charge in [-0.3, -0.25) is 4.79 Å². The second-order valence-electron chi connectivity index (χ2n) is 6.46. The van der Waals surface area contributed by atoms with Gasteiger partial charge in [-0.1, -0.05) is 30.3 Å². The Morgan fingerprint density at radius 1 is 0.926 bits per heavy atom. The SMILES string of the molecule is O=C(Nc1ccc2c(c1)Cc1ccccc1-2)c1ccc(-n2cnnn2)cc1. The number of tetrazole rings is 1. The fourth-order valence-electron chi connectivity index (χ4n) is 3.47. The van der Waals surface area contributed by atoms with Gasteiger partial charge in [-0.25, -0.2) is 4.68 Å². The van der Waals surface area contributed by atoms with Gasteiger partial charge in [0.05, 0.1) is 5.69 Å². The number of rotatable bonds is 3. The third-order valence-corrected chi connectivity index (χ3v) is 4.79. The van der Waals surface area contributed by atoms with Crippen molar-refractivity contribution in [3.05, 3.63) is 89.7 Å². The van der Waals surface area contributed by atoms with Crippen LogP contribution >= 0.6 is 0 Å². The van der Waals surface area contributed by atoms with Crippen LogP contribution in [0.5, 0.6) is 0 Å². The molecule has 1 heterocycles. The first-order valence-electron chi connectivity index (χ1n) is 8.64. The molecule has 6 nitrogen and oxygen atoms in total. The van der Waals surface area contributed by atoms with E-state index in [9.17, 15) is 4.79 Å². The van der Waals surface area contributed by atoms with Crippen LogP contribution in [-0.4, -0.2) is 26.1 Å². The van der Waals surface area contributed by atoms with E-state index >= 15 is 0 Å². The summed E-state index contributed by atoms with van der Waals surface area (Å²) < 4.78 is 1.54. The summed E-state index contributed by atoms with van der Waals surface area (Å²) >= 11 is 0. The number of benzene rings is 3. The maximum atomic E-state index is 12.6. The summed E-state index contributed by atoms with van der Waals surface area (Å²) in [6.07, 6.45) is 2.41. The summed E-state index contributed by atoms with van der Waals surface area (Å²) in [5.41, 5.74) is 7.27. The molecule has 0 radical (unpaired) electrons. The van der Waals surface area contributed by atoms with Gasteiger partial charge >= 0.3 is 0 Å². The highest BCUT2D eigenvalue weighted by atomic mass is 16.1. The first-order chi connectivity index (χ1) is 13.3. The number of carbonyl (C=O) groups is 1. The molecule has 0 fully saturated rings. The summed E-state index contributed by atoms with van der Waals surface area (Å²) in [4.78, 5) is 12.6. The zero-order valence-corrected chi connectivity index (χ0v) is 14.3. The van der Waals surface area contributed by atoms with Crippen LogP contribution in [0.25, 0.3) is 16.8 Å². The van der Waals surface area contributed by atoms with Gasteiger partial charge in [-0.15, -0.1) is 5.10 Å². The topological polar surface area (TPSA) is 72.7 Å². The molecule has 0 spiro atoms. The van der Waals surface area contributed by atoms with Gasteiger partial charge in [-0.05, 0) is 75.5 Å². The Labute approximate surface area is 155 Å². The van der Waals surface area contributed by atoms with Crippen molar-refractivity contribution in [3.63, 3.8) is 0 Å². The largest absolute Gasteiger partial charge is 0.322 e. The van der Waals surface area contributed by atoms with E-state index in [2.05, 4.69) is 57.2 Å². The number of amides is 1. The minimum Gasteiger partial charge on any atom is -0.322 e. The smallest absolute Gasteiger partial charge is 0.255 e. The molecule has 4 aromatic rings. The van der Waals surface area contributed by atoms with Gasteiger partial charge < -0.3 is 5.32 Å². The zero-order valence-electron chi connectivity index (χ0n) is 14.3. The van der Waals surface area contributed by atoms with Crippen LogP contribution in [0.3, 0.4) is 0 Å². The van der Waals surface area contributed by atoms with Gasteiger partial charge in [0.1, 0.15) is 6.33 Å². The summed E-state index contributed by atoms with van der Waals surface area (Å²) in [6, 6.07) is 21.6. The van der Waals surface area contributed by atoms with Crippen LogP contribution < -0.4 is 5.32 Å². The first-order valence-corrected chi connectivity index (χ1v) is 8.64. The lowest BCUT2D eigenvalue weighted by atomic mass is 10.1. The lowest BCUT2D eigenvalue weighted by Gasteiger charge is -2.08. The molecule has 1 N–H and O–H groups in total. The normalized spacial score (nSPS) is 11.7.